The molecule has 6 heteroatoms. The lowest BCUT2D eigenvalue weighted by Gasteiger charge is -2.29. The second kappa shape index (κ2) is 7.97. The van der Waals surface area contributed by atoms with E-state index in [0.717, 1.165) is 48.8 Å². The van der Waals surface area contributed by atoms with Crippen LogP contribution in [-0.4, -0.2) is 32.2 Å². The van der Waals surface area contributed by atoms with Crippen molar-refractivity contribution in [2.45, 2.75) is 13.3 Å². The molecule has 0 bridgehead atoms. The summed E-state index contributed by atoms with van der Waals surface area (Å²) < 4.78 is 19.0. The van der Waals surface area contributed by atoms with Gasteiger partial charge >= 0.3 is 0 Å². The van der Waals surface area contributed by atoms with Gasteiger partial charge in [-0.05, 0) is 64.3 Å². The lowest BCUT2D eigenvalue weighted by molar-refractivity contribution is -0.115. The lowest BCUT2D eigenvalue weighted by atomic mass is 10.1. The number of nitrogens with zero attached hydrogens (tertiary/aromatic N) is 1. The van der Waals surface area contributed by atoms with E-state index >= 15 is 0 Å². The molecule has 1 saturated heterocycles. The van der Waals surface area contributed by atoms with E-state index in [9.17, 15) is 9.18 Å². The molecule has 0 aromatic heterocycles. The van der Waals surface area contributed by atoms with Gasteiger partial charge < -0.3 is 15.0 Å². The first-order valence-corrected chi connectivity index (χ1v) is 8.99. The molecular weight excluding hydrogens is 387 g/mol. The van der Waals surface area contributed by atoms with E-state index in [2.05, 4.69) is 32.2 Å². The Morgan fingerprint density at radius 1 is 1.24 bits per heavy atom. The summed E-state index contributed by atoms with van der Waals surface area (Å²) in [6.45, 7) is 5.22. The summed E-state index contributed by atoms with van der Waals surface area (Å²) >= 11 is 3.14. The van der Waals surface area contributed by atoms with Crippen LogP contribution in [0.3, 0.4) is 0 Å². The number of benzene rings is 2. The Morgan fingerprint density at radius 3 is 2.68 bits per heavy atom. The fourth-order valence-electron chi connectivity index (χ4n) is 2.84. The van der Waals surface area contributed by atoms with Crippen LogP contribution in [0.25, 0.3) is 0 Å². The minimum absolute atomic E-state index is 0.124. The Morgan fingerprint density at radius 2 is 2.00 bits per heavy atom. The third kappa shape index (κ3) is 4.58. The molecule has 1 aliphatic rings. The molecule has 0 aliphatic carbocycles. The summed E-state index contributed by atoms with van der Waals surface area (Å²) in [5.74, 6) is -0.459. The van der Waals surface area contributed by atoms with Gasteiger partial charge in [0.2, 0.25) is 5.91 Å². The molecule has 1 fully saturated rings. The van der Waals surface area contributed by atoms with Crippen LogP contribution in [0.1, 0.15) is 11.1 Å². The summed E-state index contributed by atoms with van der Waals surface area (Å²) in [5.41, 5.74) is 3.70. The lowest BCUT2D eigenvalue weighted by Crippen LogP contribution is -2.36. The Labute approximate surface area is 155 Å². The number of halogens is 2. The van der Waals surface area contributed by atoms with E-state index in [1.165, 1.54) is 6.07 Å². The molecule has 4 nitrogen and oxygen atoms in total. The fraction of sp³-hybridized carbons (Fsp3) is 0.316. The maximum atomic E-state index is 13.3. The highest BCUT2D eigenvalue weighted by atomic mass is 79.9. The van der Waals surface area contributed by atoms with Gasteiger partial charge in [0, 0.05) is 24.5 Å². The van der Waals surface area contributed by atoms with Gasteiger partial charge in [-0.25, -0.2) is 4.39 Å². The highest BCUT2D eigenvalue weighted by molar-refractivity contribution is 9.10. The van der Waals surface area contributed by atoms with Crippen molar-refractivity contribution in [3.63, 3.8) is 0 Å². The van der Waals surface area contributed by atoms with Crippen molar-refractivity contribution < 1.29 is 13.9 Å². The highest BCUT2D eigenvalue weighted by Crippen LogP contribution is 2.24. The highest BCUT2D eigenvalue weighted by Gasteiger charge is 2.13. The van der Waals surface area contributed by atoms with E-state index < -0.39 is 0 Å². The third-order valence-corrected chi connectivity index (χ3v) is 4.82. The largest absolute Gasteiger partial charge is 0.378 e. The monoisotopic (exact) mass is 406 g/mol. The molecule has 0 radical (unpaired) electrons. The van der Waals surface area contributed by atoms with Crippen molar-refractivity contribution in [3.8, 4) is 0 Å². The summed E-state index contributed by atoms with van der Waals surface area (Å²) in [4.78, 5) is 14.5. The Kier molecular flexibility index (Phi) is 5.71. The zero-order chi connectivity index (χ0) is 17.8. The number of nitrogens with one attached hydrogen (secondary N) is 1. The Balaban J connectivity index is 1.65. The SMILES string of the molecule is Cc1cc(N2CCOCC2)ccc1NC(=O)Cc1ccc(F)c(Br)c1. The number of carbonyl (C=O) groups is 1. The Bertz CT molecular complexity index is 776. The molecule has 25 heavy (non-hydrogen) atoms. The normalized spacial score (nSPS) is 14.4. The van der Waals surface area contributed by atoms with E-state index in [1.807, 2.05) is 19.1 Å². The number of carbonyl (C=O) groups excluding carboxylic acids is 1. The second-order valence-corrected chi connectivity index (χ2v) is 6.93. The zero-order valence-electron chi connectivity index (χ0n) is 14.0. The van der Waals surface area contributed by atoms with Crippen molar-refractivity contribution in [3.05, 3.63) is 57.8 Å². The maximum Gasteiger partial charge on any atom is 0.228 e. The number of morpholine rings is 1. The summed E-state index contributed by atoms with van der Waals surface area (Å²) in [6, 6.07) is 10.6. The van der Waals surface area contributed by atoms with E-state index in [-0.39, 0.29) is 18.1 Å². The van der Waals surface area contributed by atoms with E-state index in [4.69, 9.17) is 4.74 Å². The van der Waals surface area contributed by atoms with Gasteiger partial charge in [-0.1, -0.05) is 6.07 Å². The number of hydrogen-bond donors (Lipinski definition) is 1. The minimum Gasteiger partial charge on any atom is -0.378 e. The third-order valence-electron chi connectivity index (χ3n) is 4.21. The molecule has 1 aliphatic heterocycles. The molecule has 2 aromatic carbocycles. The maximum absolute atomic E-state index is 13.3. The van der Waals surface area contributed by atoms with Gasteiger partial charge in [-0.2, -0.15) is 0 Å². The number of hydrogen-bond acceptors (Lipinski definition) is 3. The van der Waals surface area contributed by atoms with Crippen molar-refractivity contribution in [2.75, 3.05) is 36.5 Å². The first kappa shape index (κ1) is 17.9. The minimum atomic E-state index is -0.335. The summed E-state index contributed by atoms with van der Waals surface area (Å²) in [6.07, 6.45) is 0.198. The number of amides is 1. The molecule has 0 spiro atoms. The van der Waals surface area contributed by atoms with Gasteiger partial charge in [0.05, 0.1) is 24.1 Å². The van der Waals surface area contributed by atoms with Crippen molar-refractivity contribution in [2.24, 2.45) is 0 Å². The summed E-state index contributed by atoms with van der Waals surface area (Å²) in [5, 5.41) is 2.93. The van der Waals surface area contributed by atoms with Crippen LogP contribution in [0, 0.1) is 12.7 Å². The van der Waals surface area contributed by atoms with Crippen LogP contribution in [0.5, 0.6) is 0 Å². The van der Waals surface area contributed by atoms with Crippen molar-refractivity contribution in [1.82, 2.24) is 0 Å². The van der Waals surface area contributed by atoms with Crippen LogP contribution in [0.15, 0.2) is 40.9 Å². The molecule has 132 valence electrons. The van der Waals surface area contributed by atoms with Crippen LogP contribution in [0.4, 0.5) is 15.8 Å². The molecule has 0 saturated carbocycles. The average molecular weight is 407 g/mol. The van der Waals surface area contributed by atoms with E-state index in [1.54, 1.807) is 12.1 Å². The Hall–Kier alpha value is -1.92. The predicted molar refractivity (Wildman–Crippen MR) is 101 cm³/mol. The molecule has 1 heterocycles. The zero-order valence-corrected chi connectivity index (χ0v) is 15.6. The quantitative estimate of drug-likeness (QED) is 0.836. The molecule has 1 amide bonds. The van der Waals surface area contributed by atoms with Gasteiger partial charge in [-0.3, -0.25) is 4.79 Å². The van der Waals surface area contributed by atoms with Crippen molar-refractivity contribution >= 4 is 33.2 Å². The van der Waals surface area contributed by atoms with Crippen molar-refractivity contribution in [1.29, 1.82) is 0 Å². The van der Waals surface area contributed by atoms with Crippen LogP contribution >= 0.6 is 15.9 Å². The number of rotatable bonds is 4. The topological polar surface area (TPSA) is 41.6 Å². The number of aryl methyl sites for hydroxylation is 1. The first-order valence-electron chi connectivity index (χ1n) is 8.20. The van der Waals surface area contributed by atoms with Gasteiger partial charge in [0.25, 0.3) is 0 Å². The fourth-order valence-corrected chi connectivity index (χ4v) is 3.26. The molecule has 0 unspecified atom stereocenters. The molecule has 3 rings (SSSR count). The van der Waals surface area contributed by atoms with Gasteiger partial charge in [-0.15, -0.1) is 0 Å². The van der Waals surface area contributed by atoms with Crippen LogP contribution in [0.2, 0.25) is 0 Å². The van der Waals surface area contributed by atoms with Gasteiger partial charge in [0.15, 0.2) is 0 Å². The van der Waals surface area contributed by atoms with Crippen LogP contribution in [-0.2, 0) is 16.0 Å². The second-order valence-electron chi connectivity index (χ2n) is 6.07. The molecule has 0 atom stereocenters. The number of ether oxygens (including phenoxy) is 1. The van der Waals surface area contributed by atoms with Crippen LogP contribution < -0.4 is 10.2 Å². The summed E-state index contributed by atoms with van der Waals surface area (Å²) in [7, 11) is 0. The molecule has 1 N–H and O–H groups in total. The first-order chi connectivity index (χ1) is 12.0. The standard InChI is InChI=1S/C19H20BrFN2O2/c1-13-10-15(23-6-8-25-9-7-23)3-5-18(13)22-19(24)12-14-2-4-17(21)16(20)11-14/h2-5,10-11H,6-9,12H2,1H3,(H,22,24). The smallest absolute Gasteiger partial charge is 0.228 e. The average Bonchev–Trinajstić information content (AvgIpc) is 2.61. The molecule has 2 aromatic rings. The number of anilines is 2. The van der Waals surface area contributed by atoms with Gasteiger partial charge in [0.1, 0.15) is 5.82 Å². The molecular formula is C19H20BrFN2O2. The predicted octanol–water partition coefficient (Wildman–Crippen LogP) is 3.91. The van der Waals surface area contributed by atoms with E-state index in [0.29, 0.717) is 4.47 Å².